The number of rotatable bonds is 2. The van der Waals surface area contributed by atoms with Crippen LogP contribution in [0.25, 0.3) is 26.6 Å². The molecule has 0 saturated carbocycles. The maximum absolute atomic E-state index is 4.75. The van der Waals surface area contributed by atoms with Crippen LogP contribution in [-0.4, -0.2) is 9.55 Å². The minimum Gasteiger partial charge on any atom is -0.314 e. The molecule has 4 heteroatoms. The summed E-state index contributed by atoms with van der Waals surface area (Å²) in [5, 5.41) is 1.05. The predicted molar refractivity (Wildman–Crippen MR) is 92.1 cm³/mol. The molecular formula is C17H11BrN2S. The average molecular weight is 355 g/mol. The van der Waals surface area contributed by atoms with Crippen molar-refractivity contribution in [1.29, 1.82) is 0 Å². The van der Waals surface area contributed by atoms with E-state index < -0.39 is 0 Å². The van der Waals surface area contributed by atoms with Gasteiger partial charge in [-0.2, -0.15) is 0 Å². The maximum Gasteiger partial charge on any atom is 0.141 e. The van der Waals surface area contributed by atoms with E-state index in [0.717, 1.165) is 26.4 Å². The van der Waals surface area contributed by atoms with Gasteiger partial charge in [-0.25, -0.2) is 4.98 Å². The summed E-state index contributed by atoms with van der Waals surface area (Å²) in [7, 11) is 0. The summed E-state index contributed by atoms with van der Waals surface area (Å²) in [6.07, 6.45) is 2.07. The second-order valence-electron chi connectivity index (χ2n) is 4.73. The Balaban J connectivity index is 1.86. The molecule has 0 spiro atoms. The first-order chi connectivity index (χ1) is 10.3. The Morgan fingerprint density at radius 3 is 2.52 bits per heavy atom. The van der Waals surface area contributed by atoms with Gasteiger partial charge in [-0.3, -0.25) is 0 Å². The highest BCUT2D eigenvalue weighted by atomic mass is 79.9. The van der Waals surface area contributed by atoms with Crippen molar-refractivity contribution in [3.63, 3.8) is 0 Å². The number of thiazole rings is 1. The summed E-state index contributed by atoms with van der Waals surface area (Å²) in [5.74, 6) is 0. The van der Waals surface area contributed by atoms with Crippen molar-refractivity contribution in [3.8, 4) is 16.4 Å². The van der Waals surface area contributed by atoms with Gasteiger partial charge in [0.15, 0.2) is 0 Å². The van der Waals surface area contributed by atoms with E-state index >= 15 is 0 Å². The third kappa shape index (κ3) is 2.30. The third-order valence-corrected chi connectivity index (χ3v) is 4.95. The summed E-state index contributed by atoms with van der Waals surface area (Å²) in [6, 6.07) is 20.7. The lowest BCUT2D eigenvalue weighted by Gasteiger charge is -2.07. The number of hydrogen-bond donors (Lipinski definition) is 0. The Labute approximate surface area is 134 Å². The topological polar surface area (TPSA) is 17.8 Å². The van der Waals surface area contributed by atoms with Crippen molar-refractivity contribution in [3.05, 3.63) is 71.3 Å². The van der Waals surface area contributed by atoms with Crippen molar-refractivity contribution in [2.24, 2.45) is 0 Å². The molecule has 0 amide bonds. The van der Waals surface area contributed by atoms with Crippen LogP contribution in [0, 0.1) is 0 Å². The molecule has 4 rings (SSSR count). The van der Waals surface area contributed by atoms with E-state index in [9.17, 15) is 0 Å². The summed E-state index contributed by atoms with van der Waals surface area (Å²) in [4.78, 5) is 4.75. The van der Waals surface area contributed by atoms with Gasteiger partial charge in [-0.1, -0.05) is 28.1 Å². The number of nitrogens with zero attached hydrogens (tertiary/aromatic N) is 2. The Morgan fingerprint density at radius 1 is 0.905 bits per heavy atom. The molecule has 0 aliphatic carbocycles. The molecular weight excluding hydrogens is 344 g/mol. The zero-order chi connectivity index (χ0) is 14.2. The Bertz CT molecular complexity index is 873. The maximum atomic E-state index is 4.75. The van der Waals surface area contributed by atoms with E-state index in [1.807, 2.05) is 6.07 Å². The van der Waals surface area contributed by atoms with Gasteiger partial charge in [0.25, 0.3) is 0 Å². The highest BCUT2D eigenvalue weighted by Gasteiger charge is 2.10. The van der Waals surface area contributed by atoms with Crippen LogP contribution >= 0.6 is 27.3 Å². The molecule has 2 nitrogen and oxygen atoms in total. The largest absolute Gasteiger partial charge is 0.314 e. The lowest BCUT2D eigenvalue weighted by Crippen LogP contribution is -1.94. The van der Waals surface area contributed by atoms with E-state index in [4.69, 9.17) is 4.98 Å². The zero-order valence-corrected chi connectivity index (χ0v) is 13.4. The lowest BCUT2D eigenvalue weighted by molar-refractivity contribution is 1.08. The van der Waals surface area contributed by atoms with Crippen molar-refractivity contribution in [1.82, 2.24) is 9.55 Å². The standard InChI is InChI=1S/C17H11BrN2S/c18-12-7-9-13(10-8-12)20-11-3-5-15(20)17-19-14-4-1-2-6-16(14)21-17/h1-11H. The summed E-state index contributed by atoms with van der Waals surface area (Å²) < 4.78 is 4.47. The lowest BCUT2D eigenvalue weighted by atomic mass is 10.3. The number of benzene rings is 2. The second kappa shape index (κ2) is 5.13. The summed E-state index contributed by atoms with van der Waals surface area (Å²) in [6.45, 7) is 0. The Morgan fingerprint density at radius 2 is 1.71 bits per heavy atom. The van der Waals surface area contributed by atoms with E-state index in [1.165, 1.54) is 4.70 Å². The molecule has 21 heavy (non-hydrogen) atoms. The van der Waals surface area contributed by atoms with E-state index in [0.29, 0.717) is 0 Å². The zero-order valence-electron chi connectivity index (χ0n) is 11.0. The van der Waals surface area contributed by atoms with Crippen molar-refractivity contribution in [2.75, 3.05) is 0 Å². The molecule has 4 aromatic rings. The monoisotopic (exact) mass is 354 g/mol. The Kier molecular flexibility index (Phi) is 3.13. The molecule has 0 atom stereocenters. The van der Waals surface area contributed by atoms with Crippen LogP contribution in [0.3, 0.4) is 0 Å². The van der Waals surface area contributed by atoms with Gasteiger partial charge >= 0.3 is 0 Å². The molecule has 0 saturated heterocycles. The molecule has 0 aliphatic rings. The number of halogens is 1. The summed E-state index contributed by atoms with van der Waals surface area (Å²) >= 11 is 5.20. The van der Waals surface area contributed by atoms with Gasteiger partial charge in [0, 0.05) is 16.4 Å². The molecule has 0 radical (unpaired) electrons. The van der Waals surface area contributed by atoms with Gasteiger partial charge in [-0.05, 0) is 48.5 Å². The first-order valence-corrected chi connectivity index (χ1v) is 8.21. The molecule has 0 bridgehead atoms. The summed E-state index contributed by atoms with van der Waals surface area (Å²) in [5.41, 5.74) is 3.32. The molecule has 2 aromatic heterocycles. The normalized spacial score (nSPS) is 11.1. The number of fused-ring (bicyclic) bond motifs is 1. The molecule has 0 fully saturated rings. The Hall–Kier alpha value is -1.91. The number of aromatic nitrogens is 2. The minimum absolute atomic E-state index is 1.05. The van der Waals surface area contributed by atoms with Gasteiger partial charge in [0.05, 0.1) is 15.9 Å². The second-order valence-corrected chi connectivity index (χ2v) is 6.67. The highest BCUT2D eigenvalue weighted by Crippen LogP contribution is 2.31. The molecule has 0 unspecified atom stereocenters. The number of hydrogen-bond acceptors (Lipinski definition) is 2. The molecule has 0 aliphatic heterocycles. The number of para-hydroxylation sites is 1. The smallest absolute Gasteiger partial charge is 0.141 e. The fraction of sp³-hybridized carbons (Fsp3) is 0. The van der Waals surface area contributed by atoms with Crippen molar-refractivity contribution in [2.45, 2.75) is 0 Å². The molecule has 2 heterocycles. The first kappa shape index (κ1) is 12.8. The van der Waals surface area contributed by atoms with Crippen LogP contribution in [0.1, 0.15) is 0 Å². The first-order valence-electron chi connectivity index (χ1n) is 6.60. The SMILES string of the molecule is Brc1ccc(-n2cccc2-c2nc3ccccc3s2)cc1. The van der Waals surface area contributed by atoms with Gasteiger partial charge in [0.1, 0.15) is 5.01 Å². The fourth-order valence-corrected chi connectivity index (χ4v) is 3.62. The van der Waals surface area contributed by atoms with E-state index in [1.54, 1.807) is 11.3 Å². The van der Waals surface area contributed by atoms with Gasteiger partial charge in [0.2, 0.25) is 0 Å². The van der Waals surface area contributed by atoms with Gasteiger partial charge < -0.3 is 4.57 Å². The van der Waals surface area contributed by atoms with Crippen LogP contribution in [0.5, 0.6) is 0 Å². The van der Waals surface area contributed by atoms with E-state index in [2.05, 4.69) is 81.3 Å². The quantitative estimate of drug-likeness (QED) is 0.463. The highest BCUT2D eigenvalue weighted by molar-refractivity contribution is 9.10. The molecule has 2 aromatic carbocycles. The molecule has 102 valence electrons. The van der Waals surface area contributed by atoms with Crippen molar-refractivity contribution >= 4 is 37.5 Å². The van der Waals surface area contributed by atoms with Crippen molar-refractivity contribution < 1.29 is 0 Å². The van der Waals surface area contributed by atoms with Crippen LogP contribution in [0.2, 0.25) is 0 Å². The van der Waals surface area contributed by atoms with Crippen LogP contribution in [-0.2, 0) is 0 Å². The van der Waals surface area contributed by atoms with E-state index in [-0.39, 0.29) is 0 Å². The van der Waals surface area contributed by atoms with Crippen LogP contribution in [0.15, 0.2) is 71.3 Å². The average Bonchev–Trinajstić information content (AvgIpc) is 3.14. The predicted octanol–water partition coefficient (Wildman–Crippen LogP) is 5.52. The van der Waals surface area contributed by atoms with Crippen LogP contribution < -0.4 is 0 Å². The molecule has 0 N–H and O–H groups in total. The third-order valence-electron chi connectivity index (χ3n) is 3.37. The fourth-order valence-electron chi connectivity index (χ4n) is 2.36. The minimum atomic E-state index is 1.05. The van der Waals surface area contributed by atoms with Gasteiger partial charge in [-0.15, -0.1) is 11.3 Å². The van der Waals surface area contributed by atoms with Crippen LogP contribution in [0.4, 0.5) is 0 Å².